The van der Waals surface area contributed by atoms with Crippen molar-refractivity contribution in [1.82, 2.24) is 9.88 Å². The van der Waals surface area contributed by atoms with Crippen molar-refractivity contribution in [2.75, 3.05) is 20.2 Å². The Labute approximate surface area is 240 Å². The normalized spacial score (nSPS) is 20.1. The minimum Gasteiger partial charge on any atom is -0.485 e. The monoisotopic (exact) mass is 557 g/mol. The van der Waals surface area contributed by atoms with Crippen LogP contribution in [0.4, 0.5) is 4.39 Å². The molecule has 0 spiro atoms. The molecule has 214 valence electrons. The zero-order valence-electron chi connectivity index (χ0n) is 23.6. The first-order chi connectivity index (χ1) is 19.9. The van der Waals surface area contributed by atoms with E-state index in [0.717, 1.165) is 78.9 Å². The van der Waals surface area contributed by atoms with Crippen LogP contribution in [0.2, 0.25) is 0 Å². The Morgan fingerprint density at radius 2 is 1.93 bits per heavy atom. The van der Waals surface area contributed by atoms with Gasteiger partial charge < -0.3 is 9.47 Å². The van der Waals surface area contributed by atoms with Crippen LogP contribution in [0, 0.1) is 22.6 Å². The molecule has 0 bridgehead atoms. The van der Waals surface area contributed by atoms with Gasteiger partial charge in [-0.2, -0.15) is 0 Å². The zero-order chi connectivity index (χ0) is 28.5. The predicted octanol–water partition coefficient (Wildman–Crippen LogP) is 6.98. The van der Waals surface area contributed by atoms with E-state index in [2.05, 4.69) is 39.3 Å². The van der Waals surface area contributed by atoms with E-state index in [0.29, 0.717) is 17.4 Å². The molecule has 1 unspecified atom stereocenters. The number of pyridine rings is 1. The SMILES string of the molecule is COc1cc(-c2ccc(C3CCc4ccc([C@H](C5CC5)[C@H](C)C(=O)N=O)cc4O3)cc2CN2CCCC2)c(F)cn1. The third-order valence-corrected chi connectivity index (χ3v) is 8.99. The molecule has 3 atom stereocenters. The van der Waals surface area contributed by atoms with E-state index in [1.807, 2.05) is 12.1 Å². The lowest BCUT2D eigenvalue weighted by Gasteiger charge is -2.29. The third kappa shape index (κ3) is 5.75. The lowest BCUT2D eigenvalue weighted by Crippen LogP contribution is -2.21. The second-order valence-electron chi connectivity index (χ2n) is 11.7. The van der Waals surface area contributed by atoms with Gasteiger partial charge in [0.05, 0.1) is 13.3 Å². The number of carbonyl (C=O) groups is 1. The van der Waals surface area contributed by atoms with Gasteiger partial charge in [-0.25, -0.2) is 9.37 Å². The van der Waals surface area contributed by atoms with Crippen LogP contribution in [-0.4, -0.2) is 36.0 Å². The lowest BCUT2D eigenvalue weighted by atomic mass is 9.82. The van der Waals surface area contributed by atoms with Crippen LogP contribution in [0.15, 0.2) is 53.8 Å². The number of rotatable bonds is 9. The number of fused-ring (bicyclic) bond motifs is 1. The Hall–Kier alpha value is -3.65. The van der Waals surface area contributed by atoms with Gasteiger partial charge in [-0.3, -0.25) is 9.69 Å². The van der Waals surface area contributed by atoms with Crippen molar-refractivity contribution in [3.05, 3.63) is 81.6 Å². The highest BCUT2D eigenvalue weighted by molar-refractivity contribution is 5.80. The molecule has 2 aliphatic heterocycles. The fourth-order valence-electron chi connectivity index (χ4n) is 6.62. The molecule has 1 saturated carbocycles. The quantitative estimate of drug-likeness (QED) is 0.264. The number of likely N-dealkylation sites (tertiary alicyclic amines) is 1. The molecular weight excluding hydrogens is 521 g/mol. The van der Waals surface area contributed by atoms with Gasteiger partial charge in [-0.15, -0.1) is 4.91 Å². The topological polar surface area (TPSA) is 81.1 Å². The zero-order valence-corrected chi connectivity index (χ0v) is 23.6. The summed E-state index contributed by atoms with van der Waals surface area (Å²) in [7, 11) is 1.53. The molecule has 2 aromatic carbocycles. The van der Waals surface area contributed by atoms with Gasteiger partial charge in [-0.05, 0) is 97.3 Å². The lowest BCUT2D eigenvalue weighted by molar-refractivity contribution is -0.122. The highest BCUT2D eigenvalue weighted by Crippen LogP contribution is 2.48. The van der Waals surface area contributed by atoms with Crippen molar-refractivity contribution in [1.29, 1.82) is 0 Å². The molecule has 0 radical (unpaired) electrons. The third-order valence-electron chi connectivity index (χ3n) is 8.99. The summed E-state index contributed by atoms with van der Waals surface area (Å²) in [6, 6.07) is 14.1. The number of amides is 1. The minimum absolute atomic E-state index is 0.0342. The van der Waals surface area contributed by atoms with Crippen LogP contribution < -0.4 is 9.47 Å². The summed E-state index contributed by atoms with van der Waals surface area (Å²) in [5.41, 5.74) is 5.62. The maximum atomic E-state index is 15.0. The second kappa shape index (κ2) is 11.7. The van der Waals surface area contributed by atoms with Gasteiger partial charge in [0.1, 0.15) is 17.7 Å². The van der Waals surface area contributed by atoms with E-state index >= 15 is 0 Å². The van der Waals surface area contributed by atoms with Crippen molar-refractivity contribution in [2.45, 2.75) is 64.0 Å². The summed E-state index contributed by atoms with van der Waals surface area (Å²) in [6.45, 7) is 4.61. The molecule has 1 aromatic heterocycles. The number of carbonyl (C=O) groups excluding carboxylic acids is 1. The number of nitroso groups, excluding NO2 is 1. The van der Waals surface area contributed by atoms with E-state index in [9.17, 15) is 14.1 Å². The maximum Gasteiger partial charge on any atom is 0.289 e. The smallest absolute Gasteiger partial charge is 0.289 e. The van der Waals surface area contributed by atoms with Crippen LogP contribution in [0.5, 0.6) is 11.6 Å². The van der Waals surface area contributed by atoms with Crippen LogP contribution in [-0.2, 0) is 17.8 Å². The molecule has 6 rings (SSSR count). The average molecular weight is 558 g/mol. The Bertz CT molecular complexity index is 1450. The number of methoxy groups -OCH3 is 1. The van der Waals surface area contributed by atoms with Crippen molar-refractivity contribution in [3.8, 4) is 22.8 Å². The van der Waals surface area contributed by atoms with Gasteiger partial charge in [0.2, 0.25) is 5.88 Å². The van der Waals surface area contributed by atoms with Crippen LogP contribution >= 0.6 is 0 Å². The molecule has 1 aliphatic carbocycles. The van der Waals surface area contributed by atoms with Crippen LogP contribution in [0.25, 0.3) is 11.1 Å². The Morgan fingerprint density at radius 1 is 1.12 bits per heavy atom. The fourth-order valence-corrected chi connectivity index (χ4v) is 6.62. The van der Waals surface area contributed by atoms with Gasteiger partial charge in [0, 0.05) is 29.3 Å². The Morgan fingerprint density at radius 3 is 2.66 bits per heavy atom. The molecule has 41 heavy (non-hydrogen) atoms. The van der Waals surface area contributed by atoms with Gasteiger partial charge in [0.25, 0.3) is 5.91 Å². The van der Waals surface area contributed by atoms with Gasteiger partial charge >= 0.3 is 0 Å². The van der Waals surface area contributed by atoms with Crippen LogP contribution in [0.3, 0.4) is 0 Å². The Kier molecular flexibility index (Phi) is 7.84. The second-order valence-corrected chi connectivity index (χ2v) is 11.7. The first kappa shape index (κ1) is 27.5. The summed E-state index contributed by atoms with van der Waals surface area (Å²) in [5, 5.41) is 2.72. The molecule has 1 amide bonds. The van der Waals surface area contributed by atoms with E-state index in [1.54, 1.807) is 13.0 Å². The summed E-state index contributed by atoms with van der Waals surface area (Å²) in [4.78, 5) is 29.6. The molecule has 3 heterocycles. The molecule has 1 saturated heterocycles. The number of aromatic nitrogens is 1. The minimum atomic E-state index is -0.590. The van der Waals surface area contributed by atoms with Crippen molar-refractivity contribution in [3.63, 3.8) is 0 Å². The summed E-state index contributed by atoms with van der Waals surface area (Å²) in [5.74, 6) is 0.147. The van der Waals surface area contributed by atoms with Gasteiger partial charge in [-0.1, -0.05) is 37.3 Å². The molecule has 7 nitrogen and oxygen atoms in total. The summed E-state index contributed by atoms with van der Waals surface area (Å²) < 4.78 is 26.9. The number of hydrogen-bond donors (Lipinski definition) is 0. The number of ether oxygens (including phenoxy) is 2. The van der Waals surface area contributed by atoms with Crippen molar-refractivity contribution < 1.29 is 18.7 Å². The number of nitrogens with zero attached hydrogens (tertiary/aromatic N) is 3. The number of aryl methyl sites for hydroxylation is 1. The average Bonchev–Trinajstić information content (AvgIpc) is 3.70. The van der Waals surface area contributed by atoms with E-state index in [4.69, 9.17) is 9.47 Å². The van der Waals surface area contributed by atoms with E-state index in [1.165, 1.54) is 26.1 Å². The number of benzene rings is 2. The molecule has 3 aliphatic rings. The molecule has 3 aromatic rings. The first-order valence-electron chi connectivity index (χ1n) is 14.7. The highest BCUT2D eigenvalue weighted by atomic mass is 19.1. The molecule has 2 fully saturated rings. The maximum absolute atomic E-state index is 15.0. The number of halogens is 1. The standard InChI is InChI=1S/C33H36FN3O4/c1-20(33(38)36-39)32(22-6-7-22)24-8-5-21-10-12-29(41-30(21)16-24)23-9-11-26(25(15-23)19-37-13-3-4-14-37)27-17-31(40-2)35-18-28(27)34/h5,8-9,11,15-18,20,22,29,32H,3-4,6-7,10,12-14,19H2,1-2H3/t20-,29?,32-/m0/s1. The van der Waals surface area contributed by atoms with Crippen LogP contribution in [0.1, 0.15) is 73.3 Å². The fraction of sp³-hybridized carbons (Fsp3) is 0.455. The summed E-state index contributed by atoms with van der Waals surface area (Å²) >= 11 is 0. The van der Waals surface area contributed by atoms with E-state index < -0.39 is 11.8 Å². The predicted molar refractivity (Wildman–Crippen MR) is 154 cm³/mol. The molecular formula is C33H36FN3O4. The van der Waals surface area contributed by atoms with Crippen molar-refractivity contribution >= 4 is 5.91 Å². The Balaban J connectivity index is 1.31. The van der Waals surface area contributed by atoms with Crippen molar-refractivity contribution in [2.24, 2.45) is 17.0 Å². The molecule has 8 heteroatoms. The van der Waals surface area contributed by atoms with E-state index in [-0.39, 0.29) is 17.8 Å². The van der Waals surface area contributed by atoms with Gasteiger partial charge in [0.15, 0.2) is 0 Å². The largest absolute Gasteiger partial charge is 0.485 e. The summed E-state index contributed by atoms with van der Waals surface area (Å²) in [6.07, 6.45) is 7.24. The number of hydrogen-bond acceptors (Lipinski definition) is 6. The highest BCUT2D eigenvalue weighted by Gasteiger charge is 2.39. The molecule has 0 N–H and O–H groups in total. The first-order valence-corrected chi connectivity index (χ1v) is 14.7.